The van der Waals surface area contributed by atoms with Crippen LogP contribution in [0, 0.1) is 5.41 Å². The molecule has 2 aliphatic rings. The van der Waals surface area contributed by atoms with Crippen LogP contribution in [0.2, 0.25) is 5.02 Å². The summed E-state index contributed by atoms with van der Waals surface area (Å²) in [4.78, 5) is 0.246. The molecule has 0 aromatic heterocycles. The normalized spacial score (nSPS) is 28.6. The lowest BCUT2D eigenvalue weighted by atomic mass is 9.90. The Balaban J connectivity index is 1.95. The summed E-state index contributed by atoms with van der Waals surface area (Å²) >= 11 is 6.21. The van der Waals surface area contributed by atoms with E-state index in [1.165, 1.54) is 10.4 Å². The molecule has 2 atom stereocenters. The first-order chi connectivity index (χ1) is 10.2. The van der Waals surface area contributed by atoms with Gasteiger partial charge < -0.3 is 10.5 Å². The summed E-state index contributed by atoms with van der Waals surface area (Å²) in [5.41, 5.74) is 6.48. The van der Waals surface area contributed by atoms with Gasteiger partial charge in [0.25, 0.3) is 0 Å². The second kappa shape index (κ2) is 5.37. The van der Waals surface area contributed by atoms with Gasteiger partial charge >= 0.3 is 0 Å². The summed E-state index contributed by atoms with van der Waals surface area (Å²) in [6.45, 7) is 5.39. The van der Waals surface area contributed by atoms with Gasteiger partial charge in [-0.05, 0) is 37.4 Å². The number of rotatable bonds is 3. The molecule has 0 spiro atoms. The number of ether oxygens (including phenoxy) is 1. The molecular weight excluding hydrogens is 324 g/mol. The minimum absolute atomic E-state index is 0.0257. The van der Waals surface area contributed by atoms with Gasteiger partial charge in [0, 0.05) is 25.1 Å². The van der Waals surface area contributed by atoms with Crippen molar-refractivity contribution in [2.45, 2.75) is 37.7 Å². The second-order valence-electron chi connectivity index (χ2n) is 6.63. The molecule has 7 heteroatoms. The van der Waals surface area contributed by atoms with E-state index in [-0.39, 0.29) is 16.4 Å². The van der Waals surface area contributed by atoms with Gasteiger partial charge in [-0.2, -0.15) is 4.31 Å². The maximum absolute atomic E-state index is 12.9. The first kappa shape index (κ1) is 16.1. The van der Waals surface area contributed by atoms with E-state index in [0.717, 1.165) is 12.0 Å². The molecule has 1 saturated heterocycles. The molecule has 1 aromatic rings. The predicted octanol–water partition coefficient (Wildman–Crippen LogP) is 2.02. The van der Waals surface area contributed by atoms with Gasteiger partial charge in [0.15, 0.2) is 0 Å². The molecule has 3 rings (SSSR count). The van der Waals surface area contributed by atoms with E-state index in [1.54, 1.807) is 6.07 Å². The smallest absolute Gasteiger partial charge is 0.243 e. The lowest BCUT2D eigenvalue weighted by Crippen LogP contribution is -2.34. The van der Waals surface area contributed by atoms with Gasteiger partial charge in [0.1, 0.15) is 11.9 Å². The minimum Gasteiger partial charge on any atom is -0.489 e. The number of nitrogens with zero attached hydrogens (tertiary/aromatic N) is 1. The van der Waals surface area contributed by atoms with E-state index in [9.17, 15) is 8.42 Å². The third-order valence-corrected chi connectivity index (χ3v) is 6.68. The third kappa shape index (κ3) is 2.62. The average Bonchev–Trinajstić information content (AvgIpc) is 3.03. The van der Waals surface area contributed by atoms with Crippen LogP contribution in [0.25, 0.3) is 0 Å². The van der Waals surface area contributed by atoms with Gasteiger partial charge in [-0.15, -0.1) is 0 Å². The van der Waals surface area contributed by atoms with Crippen molar-refractivity contribution in [2.75, 3.05) is 19.6 Å². The third-order valence-electron chi connectivity index (χ3n) is 4.57. The van der Waals surface area contributed by atoms with Crippen molar-refractivity contribution in [3.05, 3.63) is 22.7 Å². The van der Waals surface area contributed by atoms with Crippen LogP contribution in [0.1, 0.15) is 25.8 Å². The SMILES string of the molecule is CC1Cc2cc(S(=O)(=O)N3CCC(C)(CN)C3)cc(Cl)c2O1. The van der Waals surface area contributed by atoms with Gasteiger partial charge in [0.05, 0.1) is 9.92 Å². The second-order valence-corrected chi connectivity index (χ2v) is 8.97. The van der Waals surface area contributed by atoms with E-state index in [0.29, 0.717) is 36.8 Å². The standard InChI is InChI=1S/C15H21ClN2O3S/c1-10-5-11-6-12(7-13(16)14(11)21-10)22(19,20)18-4-3-15(2,8-17)9-18/h6-7,10H,3-5,8-9,17H2,1-2H3. The predicted molar refractivity (Wildman–Crippen MR) is 85.8 cm³/mol. The molecular formula is C15H21ClN2O3S. The van der Waals surface area contributed by atoms with Gasteiger partial charge in [-0.25, -0.2) is 8.42 Å². The Morgan fingerprint density at radius 3 is 2.86 bits per heavy atom. The zero-order chi connectivity index (χ0) is 16.1. The molecule has 1 fully saturated rings. The van der Waals surface area contributed by atoms with Crippen LogP contribution in [0.3, 0.4) is 0 Å². The first-order valence-electron chi connectivity index (χ1n) is 7.44. The molecule has 5 nitrogen and oxygen atoms in total. The minimum atomic E-state index is -3.54. The lowest BCUT2D eigenvalue weighted by molar-refractivity contribution is 0.255. The largest absolute Gasteiger partial charge is 0.489 e. The van der Waals surface area contributed by atoms with Crippen molar-refractivity contribution >= 4 is 21.6 Å². The molecule has 0 aliphatic carbocycles. The average molecular weight is 345 g/mol. The number of fused-ring (bicyclic) bond motifs is 1. The highest BCUT2D eigenvalue weighted by atomic mass is 35.5. The highest BCUT2D eigenvalue weighted by Crippen LogP contribution is 2.40. The fraction of sp³-hybridized carbons (Fsp3) is 0.600. The van der Waals surface area contributed by atoms with Crippen LogP contribution >= 0.6 is 11.6 Å². The van der Waals surface area contributed by atoms with Crippen LogP contribution in [0.5, 0.6) is 5.75 Å². The van der Waals surface area contributed by atoms with Crippen molar-refractivity contribution in [2.24, 2.45) is 11.1 Å². The Morgan fingerprint density at radius 2 is 2.23 bits per heavy atom. The molecule has 2 N–H and O–H groups in total. The summed E-state index contributed by atoms with van der Waals surface area (Å²) in [5, 5.41) is 0.362. The summed E-state index contributed by atoms with van der Waals surface area (Å²) in [6, 6.07) is 3.18. The van der Waals surface area contributed by atoms with Crippen molar-refractivity contribution in [3.63, 3.8) is 0 Å². The fourth-order valence-electron chi connectivity index (χ4n) is 3.11. The van der Waals surface area contributed by atoms with E-state index in [2.05, 4.69) is 0 Å². The van der Waals surface area contributed by atoms with E-state index in [1.807, 2.05) is 13.8 Å². The van der Waals surface area contributed by atoms with Crippen molar-refractivity contribution in [3.8, 4) is 5.75 Å². The molecule has 2 unspecified atom stereocenters. The molecule has 0 saturated carbocycles. The summed E-state index contributed by atoms with van der Waals surface area (Å²) in [6.07, 6.45) is 1.48. The Bertz CT molecular complexity index is 707. The summed E-state index contributed by atoms with van der Waals surface area (Å²) in [7, 11) is -3.54. The Morgan fingerprint density at radius 1 is 1.50 bits per heavy atom. The van der Waals surface area contributed by atoms with Crippen molar-refractivity contribution in [1.29, 1.82) is 0 Å². The molecule has 0 bridgehead atoms. The molecule has 0 amide bonds. The molecule has 0 radical (unpaired) electrons. The molecule has 2 heterocycles. The number of hydrogen-bond donors (Lipinski definition) is 1. The number of halogens is 1. The topological polar surface area (TPSA) is 72.6 Å². The number of benzene rings is 1. The Hall–Kier alpha value is -0.820. The van der Waals surface area contributed by atoms with E-state index >= 15 is 0 Å². The first-order valence-corrected chi connectivity index (χ1v) is 9.26. The zero-order valence-electron chi connectivity index (χ0n) is 12.8. The number of nitrogens with two attached hydrogens (primary N) is 1. The lowest BCUT2D eigenvalue weighted by Gasteiger charge is -2.22. The zero-order valence-corrected chi connectivity index (χ0v) is 14.4. The summed E-state index contributed by atoms with van der Waals surface area (Å²) in [5.74, 6) is 0.612. The quantitative estimate of drug-likeness (QED) is 0.910. The molecule has 1 aromatic carbocycles. The molecule has 2 aliphatic heterocycles. The monoisotopic (exact) mass is 344 g/mol. The molecule has 22 heavy (non-hydrogen) atoms. The Kier molecular flexibility index (Phi) is 3.92. The number of hydrogen-bond acceptors (Lipinski definition) is 4. The fourth-order valence-corrected chi connectivity index (χ4v) is 5.12. The Labute approximate surface area is 136 Å². The van der Waals surface area contributed by atoms with Crippen molar-refractivity contribution < 1.29 is 13.2 Å². The van der Waals surface area contributed by atoms with Crippen LogP contribution in [-0.4, -0.2) is 38.5 Å². The van der Waals surface area contributed by atoms with Crippen LogP contribution in [0.4, 0.5) is 0 Å². The maximum atomic E-state index is 12.9. The highest BCUT2D eigenvalue weighted by molar-refractivity contribution is 7.89. The van der Waals surface area contributed by atoms with Crippen molar-refractivity contribution in [1.82, 2.24) is 4.31 Å². The maximum Gasteiger partial charge on any atom is 0.243 e. The van der Waals surface area contributed by atoms with E-state index < -0.39 is 10.0 Å². The summed E-state index contributed by atoms with van der Waals surface area (Å²) < 4.78 is 32.9. The van der Waals surface area contributed by atoms with Crippen LogP contribution in [0.15, 0.2) is 17.0 Å². The number of sulfonamides is 1. The highest BCUT2D eigenvalue weighted by Gasteiger charge is 2.39. The van der Waals surface area contributed by atoms with Gasteiger partial charge in [-0.3, -0.25) is 0 Å². The molecule has 122 valence electrons. The van der Waals surface area contributed by atoms with Crippen LogP contribution < -0.4 is 10.5 Å². The van der Waals surface area contributed by atoms with E-state index in [4.69, 9.17) is 22.1 Å². The van der Waals surface area contributed by atoms with Crippen LogP contribution in [-0.2, 0) is 16.4 Å². The van der Waals surface area contributed by atoms with Gasteiger partial charge in [-0.1, -0.05) is 18.5 Å². The van der Waals surface area contributed by atoms with Gasteiger partial charge in [0.2, 0.25) is 10.0 Å².